The van der Waals surface area contributed by atoms with Crippen LogP contribution in [0, 0.1) is 0 Å². The summed E-state index contributed by atoms with van der Waals surface area (Å²) in [4.78, 5) is 16.7. The first-order chi connectivity index (χ1) is 8.94. The largest absolute Gasteiger partial charge is 0.468 e. The summed E-state index contributed by atoms with van der Waals surface area (Å²) in [6.45, 7) is 8.36. The quantitative estimate of drug-likeness (QED) is 0.734. The molecule has 2 unspecified atom stereocenters. The molecule has 19 heavy (non-hydrogen) atoms. The van der Waals surface area contributed by atoms with Crippen LogP contribution in [0.4, 0.5) is 0 Å². The van der Waals surface area contributed by atoms with E-state index in [9.17, 15) is 4.79 Å². The smallest absolute Gasteiger partial charge is 0.325 e. The van der Waals surface area contributed by atoms with E-state index < -0.39 is 5.54 Å². The summed E-state index contributed by atoms with van der Waals surface area (Å²) in [6, 6.07) is 1.17. The van der Waals surface area contributed by atoms with Crippen molar-refractivity contribution in [1.29, 1.82) is 0 Å². The van der Waals surface area contributed by atoms with Crippen molar-refractivity contribution in [1.82, 2.24) is 9.80 Å². The number of hydrogen-bond donors (Lipinski definition) is 1. The molecule has 110 valence electrons. The minimum atomic E-state index is -0.887. The Hall–Kier alpha value is -0.650. The van der Waals surface area contributed by atoms with Crippen molar-refractivity contribution in [2.45, 2.75) is 50.7 Å². The molecule has 0 aromatic heterocycles. The molecule has 0 bridgehead atoms. The van der Waals surface area contributed by atoms with Crippen LogP contribution in [0.5, 0.6) is 0 Å². The van der Waals surface area contributed by atoms with E-state index in [1.54, 1.807) is 6.92 Å². The molecule has 2 atom stereocenters. The van der Waals surface area contributed by atoms with Gasteiger partial charge in [-0.05, 0) is 33.1 Å². The normalized spacial score (nSPS) is 26.7. The van der Waals surface area contributed by atoms with Crippen molar-refractivity contribution in [3.05, 3.63) is 0 Å². The fraction of sp³-hybridized carbons (Fsp3) is 0.929. The molecule has 2 rings (SSSR count). The van der Waals surface area contributed by atoms with E-state index in [1.807, 2.05) is 0 Å². The number of piperazine rings is 1. The van der Waals surface area contributed by atoms with Gasteiger partial charge in [0.05, 0.1) is 7.11 Å². The predicted octanol–water partition coefficient (Wildman–Crippen LogP) is 0.435. The van der Waals surface area contributed by atoms with Crippen LogP contribution in [0.15, 0.2) is 0 Å². The molecule has 1 saturated carbocycles. The Labute approximate surface area is 116 Å². The van der Waals surface area contributed by atoms with Crippen LogP contribution >= 0.6 is 0 Å². The maximum atomic E-state index is 11.6. The highest BCUT2D eigenvalue weighted by molar-refractivity contribution is 5.79. The second kappa shape index (κ2) is 5.77. The molecule has 1 aliphatic heterocycles. The first-order valence-electron chi connectivity index (χ1n) is 7.29. The summed E-state index contributed by atoms with van der Waals surface area (Å²) in [7, 11) is 1.40. The minimum absolute atomic E-state index is 0.315. The third-order valence-electron chi connectivity index (χ3n) is 4.41. The molecule has 0 aromatic rings. The second-order valence-corrected chi connectivity index (χ2v) is 6.27. The van der Waals surface area contributed by atoms with Gasteiger partial charge in [-0.3, -0.25) is 14.6 Å². The average molecular weight is 269 g/mol. The average Bonchev–Trinajstić information content (AvgIpc) is 3.21. The molecule has 2 N–H and O–H groups in total. The zero-order chi connectivity index (χ0) is 14.0. The maximum absolute atomic E-state index is 11.6. The van der Waals surface area contributed by atoms with Crippen LogP contribution in [0.1, 0.15) is 33.1 Å². The topological polar surface area (TPSA) is 58.8 Å². The minimum Gasteiger partial charge on any atom is -0.468 e. The Morgan fingerprint density at radius 1 is 1.37 bits per heavy atom. The number of methoxy groups -OCH3 is 1. The molecule has 1 aliphatic carbocycles. The van der Waals surface area contributed by atoms with Crippen LogP contribution in [-0.4, -0.2) is 66.7 Å². The lowest BCUT2D eigenvalue weighted by Crippen LogP contribution is -2.55. The predicted molar refractivity (Wildman–Crippen MR) is 74.9 cm³/mol. The summed E-state index contributed by atoms with van der Waals surface area (Å²) in [5.74, 6) is -0.323. The van der Waals surface area contributed by atoms with Gasteiger partial charge in [0.2, 0.25) is 0 Å². The number of nitrogens with zero attached hydrogens (tertiary/aromatic N) is 2. The van der Waals surface area contributed by atoms with Crippen LogP contribution in [-0.2, 0) is 9.53 Å². The fourth-order valence-corrected chi connectivity index (χ4v) is 3.04. The molecule has 5 heteroatoms. The summed E-state index contributed by atoms with van der Waals surface area (Å²) in [5.41, 5.74) is 5.17. The monoisotopic (exact) mass is 269 g/mol. The Bertz CT molecular complexity index is 321. The lowest BCUT2D eigenvalue weighted by molar-refractivity contribution is -0.147. The third kappa shape index (κ3) is 3.68. The van der Waals surface area contributed by atoms with Crippen molar-refractivity contribution in [3.63, 3.8) is 0 Å². The van der Waals surface area contributed by atoms with Gasteiger partial charge < -0.3 is 10.5 Å². The Morgan fingerprint density at radius 3 is 2.42 bits per heavy atom. The zero-order valence-corrected chi connectivity index (χ0v) is 12.4. The highest BCUT2D eigenvalue weighted by Crippen LogP contribution is 2.28. The van der Waals surface area contributed by atoms with Crippen LogP contribution in [0.25, 0.3) is 0 Å². The number of esters is 1. The van der Waals surface area contributed by atoms with Crippen molar-refractivity contribution in [3.8, 4) is 0 Å². The highest BCUT2D eigenvalue weighted by atomic mass is 16.5. The molecule has 0 aromatic carbocycles. The molecule has 5 nitrogen and oxygen atoms in total. The lowest BCUT2D eigenvalue weighted by atomic mass is 9.94. The Balaban J connectivity index is 1.80. The van der Waals surface area contributed by atoms with Crippen LogP contribution < -0.4 is 5.73 Å². The molecule has 0 radical (unpaired) electrons. The SMILES string of the molecule is COC(=O)C(C)(N)CC(C)N1CCN(C2CC2)CC1. The van der Waals surface area contributed by atoms with Crippen molar-refractivity contribution >= 4 is 5.97 Å². The number of carbonyl (C=O) groups is 1. The molecule has 1 heterocycles. The van der Waals surface area contributed by atoms with Gasteiger partial charge >= 0.3 is 5.97 Å². The number of nitrogens with two attached hydrogens (primary N) is 1. The van der Waals surface area contributed by atoms with E-state index in [-0.39, 0.29) is 5.97 Å². The molecule has 0 amide bonds. The van der Waals surface area contributed by atoms with Gasteiger partial charge in [-0.15, -0.1) is 0 Å². The second-order valence-electron chi connectivity index (χ2n) is 6.27. The van der Waals surface area contributed by atoms with E-state index in [4.69, 9.17) is 10.5 Å². The maximum Gasteiger partial charge on any atom is 0.325 e. The zero-order valence-electron chi connectivity index (χ0n) is 12.4. The molecule has 0 spiro atoms. The third-order valence-corrected chi connectivity index (χ3v) is 4.41. The summed E-state index contributed by atoms with van der Waals surface area (Å²) >= 11 is 0. The fourth-order valence-electron chi connectivity index (χ4n) is 3.04. The van der Waals surface area contributed by atoms with Crippen molar-refractivity contribution in [2.75, 3.05) is 33.3 Å². The van der Waals surface area contributed by atoms with E-state index >= 15 is 0 Å². The van der Waals surface area contributed by atoms with Gasteiger partial charge in [0, 0.05) is 38.3 Å². The molecule has 1 saturated heterocycles. The van der Waals surface area contributed by atoms with E-state index in [1.165, 1.54) is 20.0 Å². The van der Waals surface area contributed by atoms with Gasteiger partial charge in [0.15, 0.2) is 0 Å². The first kappa shape index (κ1) is 14.8. The van der Waals surface area contributed by atoms with E-state index in [2.05, 4.69) is 16.7 Å². The number of carbonyl (C=O) groups excluding carboxylic acids is 1. The van der Waals surface area contributed by atoms with Crippen LogP contribution in [0.3, 0.4) is 0 Å². The summed E-state index contributed by atoms with van der Waals surface area (Å²) in [6.07, 6.45) is 3.39. The van der Waals surface area contributed by atoms with Gasteiger partial charge in [-0.2, -0.15) is 0 Å². The van der Waals surface area contributed by atoms with E-state index in [0.717, 1.165) is 32.2 Å². The van der Waals surface area contributed by atoms with Gasteiger partial charge in [-0.1, -0.05) is 0 Å². The number of ether oxygens (including phenoxy) is 1. The standard InChI is InChI=1S/C14H27N3O2/c1-11(10-14(2,15)13(18)19-3)16-6-8-17(9-7-16)12-4-5-12/h11-12H,4-10,15H2,1-3H3. The van der Waals surface area contributed by atoms with E-state index in [0.29, 0.717) is 12.5 Å². The Morgan fingerprint density at radius 2 is 1.95 bits per heavy atom. The molecule has 2 aliphatic rings. The Kier molecular flexibility index (Phi) is 4.48. The van der Waals surface area contributed by atoms with Crippen molar-refractivity contribution < 1.29 is 9.53 Å². The molecular weight excluding hydrogens is 242 g/mol. The van der Waals surface area contributed by atoms with Gasteiger partial charge in [0.25, 0.3) is 0 Å². The lowest BCUT2D eigenvalue weighted by Gasteiger charge is -2.40. The number of hydrogen-bond acceptors (Lipinski definition) is 5. The highest BCUT2D eigenvalue weighted by Gasteiger charge is 2.36. The number of rotatable bonds is 5. The van der Waals surface area contributed by atoms with Crippen LogP contribution in [0.2, 0.25) is 0 Å². The molecule has 2 fully saturated rings. The van der Waals surface area contributed by atoms with Crippen molar-refractivity contribution in [2.24, 2.45) is 5.73 Å². The summed E-state index contributed by atoms with van der Waals surface area (Å²) < 4.78 is 4.77. The first-order valence-corrected chi connectivity index (χ1v) is 7.29. The van der Waals surface area contributed by atoms with Gasteiger partial charge in [0.1, 0.15) is 5.54 Å². The summed E-state index contributed by atoms with van der Waals surface area (Å²) in [5, 5.41) is 0. The van der Waals surface area contributed by atoms with Gasteiger partial charge in [-0.25, -0.2) is 0 Å². The molecular formula is C14H27N3O2.